The summed E-state index contributed by atoms with van der Waals surface area (Å²) in [4.78, 5) is 4.85. The van der Waals surface area contributed by atoms with Gasteiger partial charge in [0.2, 0.25) is 0 Å². The highest BCUT2D eigenvalue weighted by atomic mass is 16.3. The molecule has 4 nitrogen and oxygen atoms in total. The van der Waals surface area contributed by atoms with Gasteiger partial charge < -0.3 is 10.2 Å². The predicted octanol–water partition coefficient (Wildman–Crippen LogP) is 1.07. The van der Waals surface area contributed by atoms with Crippen LogP contribution in [0.4, 0.5) is 0 Å². The number of hydrogen-bond donors (Lipinski definition) is 2. The molecule has 1 aromatic rings. The zero-order chi connectivity index (χ0) is 14.4. The largest absolute Gasteiger partial charge is 0.395 e. The fourth-order valence-corrected chi connectivity index (χ4v) is 2.80. The number of aliphatic hydroxyl groups excluding tert-OH is 2. The molecular weight excluding hydrogens is 252 g/mol. The van der Waals surface area contributed by atoms with Gasteiger partial charge >= 0.3 is 0 Å². The topological polar surface area (TPSA) is 46.9 Å². The summed E-state index contributed by atoms with van der Waals surface area (Å²) in [6.45, 7) is 7.65. The lowest BCUT2D eigenvalue weighted by Crippen LogP contribution is -2.50. The van der Waals surface area contributed by atoms with Gasteiger partial charge in [-0.25, -0.2) is 0 Å². The average molecular weight is 278 g/mol. The Morgan fingerprint density at radius 2 is 1.60 bits per heavy atom. The quantitative estimate of drug-likeness (QED) is 0.817. The second-order valence-corrected chi connectivity index (χ2v) is 5.53. The van der Waals surface area contributed by atoms with E-state index in [2.05, 4.69) is 28.9 Å². The van der Waals surface area contributed by atoms with Crippen LogP contribution < -0.4 is 0 Å². The van der Waals surface area contributed by atoms with Crippen molar-refractivity contribution in [3.63, 3.8) is 0 Å². The molecule has 0 radical (unpaired) electrons. The van der Waals surface area contributed by atoms with Crippen LogP contribution in [-0.4, -0.2) is 58.8 Å². The third kappa shape index (κ3) is 4.03. The molecule has 1 aliphatic heterocycles. The Bertz CT molecular complexity index is 382. The first kappa shape index (κ1) is 15.4. The summed E-state index contributed by atoms with van der Waals surface area (Å²) in [5, 5.41) is 18.4. The van der Waals surface area contributed by atoms with Gasteiger partial charge in [0.1, 0.15) is 0 Å². The summed E-state index contributed by atoms with van der Waals surface area (Å²) in [7, 11) is 0. The monoisotopic (exact) mass is 278 g/mol. The highest BCUT2D eigenvalue weighted by molar-refractivity contribution is 5.21. The summed E-state index contributed by atoms with van der Waals surface area (Å²) in [6.07, 6.45) is 1.01. The average Bonchev–Trinajstić information content (AvgIpc) is 2.51. The minimum absolute atomic E-state index is 0.110. The van der Waals surface area contributed by atoms with Crippen LogP contribution in [0, 0.1) is 0 Å². The Hall–Kier alpha value is -0.940. The maximum Gasteiger partial charge on any atom is 0.0681 e. The van der Waals surface area contributed by atoms with Crippen LogP contribution in [0.5, 0.6) is 0 Å². The Labute approximate surface area is 121 Å². The van der Waals surface area contributed by atoms with Gasteiger partial charge in [-0.1, -0.05) is 31.2 Å². The van der Waals surface area contributed by atoms with E-state index in [-0.39, 0.29) is 13.2 Å². The van der Waals surface area contributed by atoms with Crippen molar-refractivity contribution in [2.45, 2.75) is 32.5 Å². The van der Waals surface area contributed by atoms with Gasteiger partial charge in [-0.05, 0) is 17.5 Å². The predicted molar refractivity (Wildman–Crippen MR) is 80.4 cm³/mol. The lowest BCUT2D eigenvalue weighted by Gasteiger charge is -2.38. The lowest BCUT2D eigenvalue weighted by atomic mass is 10.1. The first-order valence-electron chi connectivity index (χ1n) is 7.52. The first-order chi connectivity index (χ1) is 9.76. The van der Waals surface area contributed by atoms with Gasteiger partial charge in [0.25, 0.3) is 0 Å². The van der Waals surface area contributed by atoms with E-state index in [4.69, 9.17) is 5.11 Å². The van der Waals surface area contributed by atoms with Gasteiger partial charge in [-0.3, -0.25) is 9.80 Å². The third-order valence-corrected chi connectivity index (χ3v) is 4.22. The van der Waals surface area contributed by atoms with E-state index in [1.165, 1.54) is 5.56 Å². The Morgan fingerprint density at radius 3 is 2.10 bits per heavy atom. The van der Waals surface area contributed by atoms with Crippen LogP contribution in [0.15, 0.2) is 24.3 Å². The van der Waals surface area contributed by atoms with E-state index in [0.29, 0.717) is 6.04 Å². The van der Waals surface area contributed by atoms with Crippen molar-refractivity contribution in [1.82, 2.24) is 9.80 Å². The fourth-order valence-electron chi connectivity index (χ4n) is 2.80. The molecule has 112 valence electrons. The summed E-state index contributed by atoms with van der Waals surface area (Å²) in [5.74, 6) is 0. The van der Waals surface area contributed by atoms with Crippen molar-refractivity contribution in [3.8, 4) is 0 Å². The molecule has 0 amide bonds. The molecule has 1 heterocycles. The number of rotatable bonds is 6. The van der Waals surface area contributed by atoms with Gasteiger partial charge in [0.15, 0.2) is 0 Å². The lowest BCUT2D eigenvalue weighted by molar-refractivity contribution is 0.0608. The van der Waals surface area contributed by atoms with Crippen LogP contribution in [0.3, 0.4) is 0 Å². The molecule has 1 fully saturated rings. The van der Waals surface area contributed by atoms with E-state index < -0.39 is 0 Å². The summed E-state index contributed by atoms with van der Waals surface area (Å²) < 4.78 is 0. The van der Waals surface area contributed by atoms with E-state index in [0.717, 1.165) is 44.7 Å². The van der Waals surface area contributed by atoms with Crippen LogP contribution in [0.2, 0.25) is 0 Å². The second-order valence-electron chi connectivity index (χ2n) is 5.53. The smallest absolute Gasteiger partial charge is 0.0681 e. The molecule has 1 aliphatic rings. The zero-order valence-corrected chi connectivity index (χ0v) is 12.3. The molecule has 0 saturated carbocycles. The minimum atomic E-state index is 0.110. The Balaban J connectivity index is 1.81. The highest BCUT2D eigenvalue weighted by Gasteiger charge is 2.22. The standard InChI is InChI=1S/C16H26N2O2/c1-2-16(13-20)18-9-7-17(8-10-18)11-14-3-5-15(12-19)6-4-14/h3-6,16,19-20H,2,7-13H2,1H3. The molecule has 2 rings (SSSR count). The molecule has 1 saturated heterocycles. The summed E-state index contributed by atoms with van der Waals surface area (Å²) in [6, 6.07) is 8.50. The SMILES string of the molecule is CCC(CO)N1CCN(Cc2ccc(CO)cc2)CC1. The van der Waals surface area contributed by atoms with E-state index >= 15 is 0 Å². The Morgan fingerprint density at radius 1 is 1.00 bits per heavy atom. The molecule has 0 aromatic heterocycles. The van der Waals surface area contributed by atoms with Crippen molar-refractivity contribution in [1.29, 1.82) is 0 Å². The van der Waals surface area contributed by atoms with E-state index in [1.807, 2.05) is 12.1 Å². The van der Waals surface area contributed by atoms with Crippen molar-refractivity contribution in [3.05, 3.63) is 35.4 Å². The zero-order valence-electron chi connectivity index (χ0n) is 12.3. The molecule has 2 N–H and O–H groups in total. The molecular formula is C16H26N2O2. The molecule has 0 aliphatic carbocycles. The van der Waals surface area contributed by atoms with Crippen LogP contribution in [-0.2, 0) is 13.2 Å². The highest BCUT2D eigenvalue weighted by Crippen LogP contribution is 2.13. The normalized spacial score (nSPS) is 19.1. The molecule has 1 unspecified atom stereocenters. The van der Waals surface area contributed by atoms with Gasteiger partial charge in [0, 0.05) is 38.8 Å². The van der Waals surface area contributed by atoms with Crippen molar-refractivity contribution in [2.24, 2.45) is 0 Å². The number of nitrogens with zero attached hydrogens (tertiary/aromatic N) is 2. The van der Waals surface area contributed by atoms with Crippen LogP contribution in [0.25, 0.3) is 0 Å². The Kier molecular flexibility index (Phi) is 5.98. The maximum atomic E-state index is 9.35. The summed E-state index contributed by atoms with van der Waals surface area (Å²) >= 11 is 0. The van der Waals surface area contributed by atoms with Crippen LogP contribution >= 0.6 is 0 Å². The number of benzene rings is 1. The number of aliphatic hydroxyl groups is 2. The fraction of sp³-hybridized carbons (Fsp3) is 0.625. The second kappa shape index (κ2) is 7.74. The molecule has 0 spiro atoms. The number of piperazine rings is 1. The van der Waals surface area contributed by atoms with Crippen LogP contribution in [0.1, 0.15) is 24.5 Å². The molecule has 1 atom stereocenters. The van der Waals surface area contributed by atoms with Gasteiger partial charge in [-0.2, -0.15) is 0 Å². The van der Waals surface area contributed by atoms with E-state index in [9.17, 15) is 5.11 Å². The third-order valence-electron chi connectivity index (χ3n) is 4.22. The molecule has 0 bridgehead atoms. The molecule has 20 heavy (non-hydrogen) atoms. The van der Waals surface area contributed by atoms with E-state index in [1.54, 1.807) is 0 Å². The minimum Gasteiger partial charge on any atom is -0.395 e. The van der Waals surface area contributed by atoms with Crippen molar-refractivity contribution >= 4 is 0 Å². The first-order valence-corrected chi connectivity index (χ1v) is 7.52. The van der Waals surface area contributed by atoms with Gasteiger partial charge in [-0.15, -0.1) is 0 Å². The maximum absolute atomic E-state index is 9.35. The van der Waals surface area contributed by atoms with Crippen molar-refractivity contribution in [2.75, 3.05) is 32.8 Å². The van der Waals surface area contributed by atoms with Crippen molar-refractivity contribution < 1.29 is 10.2 Å². The van der Waals surface area contributed by atoms with Gasteiger partial charge in [0.05, 0.1) is 13.2 Å². The number of hydrogen-bond acceptors (Lipinski definition) is 4. The summed E-state index contributed by atoms with van der Waals surface area (Å²) in [5.41, 5.74) is 2.26. The molecule has 4 heteroatoms. The molecule has 1 aromatic carbocycles.